The Morgan fingerprint density at radius 2 is 2.25 bits per heavy atom. The van der Waals surface area contributed by atoms with Crippen LogP contribution in [-0.4, -0.2) is 13.7 Å². The van der Waals surface area contributed by atoms with E-state index in [0.29, 0.717) is 13.0 Å². The monoisotopic (exact) mass is 283 g/mol. The van der Waals surface area contributed by atoms with Gasteiger partial charge in [0.15, 0.2) is 0 Å². The molecule has 16 heavy (non-hydrogen) atoms. The van der Waals surface area contributed by atoms with Crippen molar-refractivity contribution < 1.29 is 9.47 Å². The molecule has 1 aromatic carbocycles. The van der Waals surface area contributed by atoms with Crippen LogP contribution in [0.4, 0.5) is 0 Å². The van der Waals surface area contributed by atoms with Crippen molar-refractivity contribution in [2.24, 2.45) is 0 Å². The Hall–Kier alpha value is -1.21. The number of hydrogen-bond donors (Lipinski definition) is 0. The highest BCUT2D eigenvalue weighted by atomic mass is 79.9. The van der Waals surface area contributed by atoms with Crippen molar-refractivity contribution in [1.82, 2.24) is 0 Å². The molecule has 0 radical (unpaired) electrons. The molecule has 3 nitrogen and oxygen atoms in total. The van der Waals surface area contributed by atoms with E-state index in [1.807, 2.05) is 18.2 Å². The quantitative estimate of drug-likeness (QED) is 0.594. The molecule has 0 bridgehead atoms. The van der Waals surface area contributed by atoms with Gasteiger partial charge in [0.05, 0.1) is 19.8 Å². The van der Waals surface area contributed by atoms with Crippen molar-refractivity contribution in [3.05, 3.63) is 23.8 Å². The van der Waals surface area contributed by atoms with Gasteiger partial charge in [0, 0.05) is 23.4 Å². The van der Waals surface area contributed by atoms with Crippen LogP contribution in [-0.2, 0) is 5.33 Å². The minimum atomic E-state index is 0.521. The van der Waals surface area contributed by atoms with Gasteiger partial charge in [-0.3, -0.25) is 0 Å². The van der Waals surface area contributed by atoms with Crippen LogP contribution in [0.2, 0.25) is 0 Å². The zero-order chi connectivity index (χ0) is 11.8. The molecule has 1 rings (SSSR count). The Morgan fingerprint density at radius 3 is 2.88 bits per heavy atom. The standard InChI is InChI=1S/C12H14BrNO2/c1-15-11-5-4-10(9-13)12(8-11)16-7-3-2-6-14/h4-5,8H,2-3,7,9H2,1H3. The zero-order valence-corrected chi connectivity index (χ0v) is 10.8. The number of nitriles is 1. The maximum Gasteiger partial charge on any atom is 0.127 e. The van der Waals surface area contributed by atoms with E-state index in [9.17, 15) is 0 Å². The molecule has 0 aliphatic carbocycles. The summed E-state index contributed by atoms with van der Waals surface area (Å²) < 4.78 is 10.7. The summed E-state index contributed by atoms with van der Waals surface area (Å²) in [6.45, 7) is 0.556. The Bertz CT molecular complexity index is 374. The predicted octanol–water partition coefficient (Wildman–Crippen LogP) is 3.27. The van der Waals surface area contributed by atoms with Gasteiger partial charge < -0.3 is 9.47 Å². The molecular formula is C12H14BrNO2. The molecule has 86 valence electrons. The summed E-state index contributed by atoms with van der Waals surface area (Å²) in [6.07, 6.45) is 1.27. The van der Waals surface area contributed by atoms with Gasteiger partial charge in [0.25, 0.3) is 0 Å². The third kappa shape index (κ3) is 3.74. The molecule has 1 aromatic rings. The maximum atomic E-state index is 8.41. The molecule has 0 aromatic heterocycles. The molecule has 0 unspecified atom stereocenters. The van der Waals surface area contributed by atoms with E-state index in [-0.39, 0.29) is 0 Å². The number of unbranched alkanes of at least 4 members (excludes halogenated alkanes) is 1. The van der Waals surface area contributed by atoms with Gasteiger partial charge in [0.2, 0.25) is 0 Å². The van der Waals surface area contributed by atoms with Crippen molar-refractivity contribution >= 4 is 15.9 Å². The number of nitrogens with zero attached hydrogens (tertiary/aromatic N) is 1. The van der Waals surface area contributed by atoms with E-state index in [1.165, 1.54) is 0 Å². The van der Waals surface area contributed by atoms with Crippen LogP contribution < -0.4 is 9.47 Å². The zero-order valence-electron chi connectivity index (χ0n) is 9.20. The lowest BCUT2D eigenvalue weighted by atomic mass is 10.2. The van der Waals surface area contributed by atoms with Crippen molar-refractivity contribution in [2.75, 3.05) is 13.7 Å². The first-order chi connectivity index (χ1) is 7.81. The molecule has 0 saturated heterocycles. The summed E-state index contributed by atoms with van der Waals surface area (Å²) >= 11 is 3.40. The molecule has 0 fully saturated rings. The number of halogens is 1. The fraction of sp³-hybridized carbons (Fsp3) is 0.417. The number of methoxy groups -OCH3 is 1. The molecule has 0 aliphatic rings. The molecule has 0 atom stereocenters. The van der Waals surface area contributed by atoms with Gasteiger partial charge >= 0.3 is 0 Å². The summed E-state index contributed by atoms with van der Waals surface area (Å²) in [7, 11) is 1.63. The normalized spacial score (nSPS) is 9.56. The van der Waals surface area contributed by atoms with Crippen LogP contribution in [0.1, 0.15) is 18.4 Å². The van der Waals surface area contributed by atoms with Crippen molar-refractivity contribution in [2.45, 2.75) is 18.2 Å². The first-order valence-corrected chi connectivity index (χ1v) is 6.16. The van der Waals surface area contributed by atoms with Gasteiger partial charge in [-0.15, -0.1) is 0 Å². The third-order valence-corrected chi connectivity index (χ3v) is 2.71. The van der Waals surface area contributed by atoms with Crippen LogP contribution in [0.5, 0.6) is 11.5 Å². The first-order valence-electron chi connectivity index (χ1n) is 5.04. The highest BCUT2D eigenvalue weighted by Crippen LogP contribution is 2.26. The number of benzene rings is 1. The van der Waals surface area contributed by atoms with E-state index < -0.39 is 0 Å². The van der Waals surface area contributed by atoms with Gasteiger partial charge in [0.1, 0.15) is 11.5 Å². The van der Waals surface area contributed by atoms with E-state index in [4.69, 9.17) is 14.7 Å². The number of ether oxygens (including phenoxy) is 2. The molecular weight excluding hydrogens is 270 g/mol. The summed E-state index contributed by atoms with van der Waals surface area (Å²) in [6, 6.07) is 7.82. The number of alkyl halides is 1. The van der Waals surface area contributed by atoms with Crippen LogP contribution in [0.15, 0.2) is 18.2 Å². The highest BCUT2D eigenvalue weighted by Gasteiger charge is 2.04. The fourth-order valence-electron chi connectivity index (χ4n) is 1.24. The topological polar surface area (TPSA) is 42.2 Å². The van der Waals surface area contributed by atoms with Gasteiger partial charge in [-0.2, -0.15) is 5.26 Å². The van der Waals surface area contributed by atoms with Crippen molar-refractivity contribution in [3.63, 3.8) is 0 Å². The maximum absolute atomic E-state index is 8.41. The highest BCUT2D eigenvalue weighted by molar-refractivity contribution is 9.08. The lowest BCUT2D eigenvalue weighted by molar-refractivity contribution is 0.308. The second kappa shape index (κ2) is 7.13. The third-order valence-electron chi connectivity index (χ3n) is 2.11. The second-order valence-electron chi connectivity index (χ2n) is 3.22. The molecule has 0 spiro atoms. The van der Waals surface area contributed by atoms with Gasteiger partial charge in [-0.25, -0.2) is 0 Å². The summed E-state index contributed by atoms with van der Waals surface area (Å²) in [5.74, 6) is 1.59. The van der Waals surface area contributed by atoms with Crippen molar-refractivity contribution in [1.29, 1.82) is 5.26 Å². The average Bonchev–Trinajstić information content (AvgIpc) is 2.34. The summed E-state index contributed by atoms with van der Waals surface area (Å²) in [5.41, 5.74) is 1.08. The van der Waals surface area contributed by atoms with Crippen LogP contribution >= 0.6 is 15.9 Å². The average molecular weight is 284 g/mol. The van der Waals surface area contributed by atoms with Crippen LogP contribution in [0.3, 0.4) is 0 Å². The lowest BCUT2D eigenvalue weighted by Crippen LogP contribution is -1.99. The first kappa shape index (κ1) is 12.9. The molecule has 0 heterocycles. The van der Waals surface area contributed by atoms with Gasteiger partial charge in [-0.1, -0.05) is 22.0 Å². The van der Waals surface area contributed by atoms with Crippen molar-refractivity contribution in [3.8, 4) is 17.6 Å². The largest absolute Gasteiger partial charge is 0.497 e. The van der Waals surface area contributed by atoms with Gasteiger partial charge in [-0.05, 0) is 12.5 Å². The minimum absolute atomic E-state index is 0.521. The lowest BCUT2D eigenvalue weighted by Gasteiger charge is -2.10. The minimum Gasteiger partial charge on any atom is -0.497 e. The fourth-order valence-corrected chi connectivity index (χ4v) is 1.70. The smallest absolute Gasteiger partial charge is 0.127 e. The Kier molecular flexibility index (Phi) is 5.73. The Morgan fingerprint density at radius 1 is 1.44 bits per heavy atom. The SMILES string of the molecule is COc1ccc(CBr)c(OCCCC#N)c1. The Balaban J connectivity index is 2.64. The summed E-state index contributed by atoms with van der Waals surface area (Å²) in [5, 5.41) is 9.15. The van der Waals surface area contributed by atoms with E-state index in [2.05, 4.69) is 22.0 Å². The van der Waals surface area contributed by atoms with E-state index in [1.54, 1.807) is 7.11 Å². The molecule has 0 aliphatic heterocycles. The molecule has 0 N–H and O–H groups in total. The molecule has 0 saturated carbocycles. The van der Waals surface area contributed by atoms with Crippen LogP contribution in [0.25, 0.3) is 0 Å². The molecule has 4 heteroatoms. The van der Waals surface area contributed by atoms with E-state index >= 15 is 0 Å². The van der Waals surface area contributed by atoms with E-state index in [0.717, 1.165) is 28.8 Å². The number of rotatable bonds is 6. The van der Waals surface area contributed by atoms with Crippen LogP contribution in [0, 0.1) is 11.3 Å². The molecule has 0 amide bonds. The second-order valence-corrected chi connectivity index (χ2v) is 3.78. The number of hydrogen-bond acceptors (Lipinski definition) is 3. The summed E-state index contributed by atoms with van der Waals surface area (Å²) in [4.78, 5) is 0. The Labute approximate surface area is 104 Å². The predicted molar refractivity (Wildman–Crippen MR) is 66.0 cm³/mol.